The summed E-state index contributed by atoms with van der Waals surface area (Å²) in [6.07, 6.45) is 9.62. The van der Waals surface area contributed by atoms with Gasteiger partial charge in [-0.3, -0.25) is 0 Å². The molecule has 118 valence electrons. The van der Waals surface area contributed by atoms with Gasteiger partial charge in [0.25, 0.3) is 0 Å². The van der Waals surface area contributed by atoms with E-state index in [-0.39, 0.29) is 0 Å². The first-order valence-electron chi connectivity index (χ1n) is 8.93. The predicted molar refractivity (Wildman–Crippen MR) is 87.2 cm³/mol. The highest BCUT2D eigenvalue weighted by Gasteiger charge is 2.57. The third-order valence-electron chi connectivity index (χ3n) is 5.68. The summed E-state index contributed by atoms with van der Waals surface area (Å²) in [7, 11) is -2.09. The average molecular weight is 299 g/mol. The summed E-state index contributed by atoms with van der Waals surface area (Å²) in [5, 5.41) is 0. The lowest BCUT2D eigenvalue weighted by Crippen LogP contribution is -2.54. The minimum atomic E-state index is -2.09. The van der Waals surface area contributed by atoms with E-state index >= 15 is 0 Å². The van der Waals surface area contributed by atoms with E-state index in [0.717, 1.165) is 30.6 Å². The molecule has 2 saturated carbocycles. The first-order chi connectivity index (χ1) is 9.65. The molecule has 2 fully saturated rings. The smallest absolute Gasteiger partial charge is 0.345 e. The number of rotatable bonds is 6. The second kappa shape index (κ2) is 7.41. The summed E-state index contributed by atoms with van der Waals surface area (Å²) < 4.78 is 13.1. The van der Waals surface area contributed by atoms with Crippen LogP contribution in [0.1, 0.15) is 72.6 Å². The third kappa shape index (κ3) is 3.15. The molecule has 0 spiro atoms. The lowest BCUT2D eigenvalue weighted by Gasteiger charge is -2.45. The SMILES string of the molecule is CCO[Si](OCC)(C1CCCCC1)C1C(C)CCC1C. The van der Waals surface area contributed by atoms with Crippen LogP contribution in [0.5, 0.6) is 0 Å². The molecule has 0 aromatic heterocycles. The maximum atomic E-state index is 6.55. The van der Waals surface area contributed by atoms with Crippen molar-refractivity contribution in [3.63, 3.8) is 0 Å². The molecule has 2 nitrogen and oxygen atoms in total. The maximum absolute atomic E-state index is 6.55. The van der Waals surface area contributed by atoms with E-state index < -0.39 is 8.56 Å². The largest absolute Gasteiger partial charge is 0.394 e. The van der Waals surface area contributed by atoms with Gasteiger partial charge < -0.3 is 8.85 Å². The molecule has 2 aliphatic rings. The van der Waals surface area contributed by atoms with Crippen LogP contribution in [-0.4, -0.2) is 21.8 Å². The standard InChI is InChI=1S/C17H34O2Si/c1-5-18-20(19-6-2,16-10-8-7-9-11-16)17-14(3)12-13-15(17)4/h14-17H,5-13H2,1-4H3. The Morgan fingerprint density at radius 1 is 0.800 bits per heavy atom. The van der Waals surface area contributed by atoms with Gasteiger partial charge in [-0.25, -0.2) is 0 Å². The average Bonchev–Trinajstić information content (AvgIpc) is 2.79. The predicted octanol–water partition coefficient (Wildman–Crippen LogP) is 5.27. The molecule has 20 heavy (non-hydrogen) atoms. The topological polar surface area (TPSA) is 18.5 Å². The Kier molecular flexibility index (Phi) is 6.12. The van der Waals surface area contributed by atoms with Crippen LogP contribution in [0.15, 0.2) is 0 Å². The summed E-state index contributed by atoms with van der Waals surface area (Å²) in [5.74, 6) is 1.58. The second-order valence-corrected chi connectivity index (χ2v) is 10.5. The second-order valence-electron chi connectivity index (χ2n) is 6.98. The lowest BCUT2D eigenvalue weighted by molar-refractivity contribution is 0.142. The van der Waals surface area contributed by atoms with Gasteiger partial charge in [-0.2, -0.15) is 0 Å². The summed E-state index contributed by atoms with van der Waals surface area (Å²) in [6.45, 7) is 10.9. The van der Waals surface area contributed by atoms with Crippen molar-refractivity contribution >= 4 is 8.56 Å². The fourth-order valence-corrected chi connectivity index (χ4v) is 10.5. The number of hydrogen-bond donors (Lipinski definition) is 0. The zero-order valence-corrected chi connectivity index (χ0v) is 15.0. The van der Waals surface area contributed by atoms with Gasteiger partial charge >= 0.3 is 8.56 Å². The maximum Gasteiger partial charge on any atom is 0.345 e. The Morgan fingerprint density at radius 2 is 1.30 bits per heavy atom. The van der Waals surface area contributed by atoms with Gasteiger partial charge in [0.2, 0.25) is 0 Å². The fourth-order valence-electron chi connectivity index (χ4n) is 4.94. The van der Waals surface area contributed by atoms with Crippen LogP contribution >= 0.6 is 0 Å². The van der Waals surface area contributed by atoms with Gasteiger partial charge in [-0.05, 0) is 38.5 Å². The van der Waals surface area contributed by atoms with Crippen molar-refractivity contribution in [3.8, 4) is 0 Å². The quantitative estimate of drug-likeness (QED) is 0.622. The van der Waals surface area contributed by atoms with E-state index in [1.54, 1.807) is 0 Å². The summed E-state index contributed by atoms with van der Waals surface area (Å²) in [5.41, 5.74) is 1.45. The first kappa shape index (κ1) is 16.5. The van der Waals surface area contributed by atoms with Crippen LogP contribution in [0.2, 0.25) is 11.1 Å². The first-order valence-corrected chi connectivity index (χ1v) is 10.9. The molecule has 0 bridgehead atoms. The van der Waals surface area contributed by atoms with E-state index in [1.807, 2.05) is 0 Å². The van der Waals surface area contributed by atoms with Crippen LogP contribution in [0.25, 0.3) is 0 Å². The van der Waals surface area contributed by atoms with Crippen molar-refractivity contribution in [2.45, 2.75) is 83.7 Å². The molecule has 0 heterocycles. The molecule has 0 saturated heterocycles. The van der Waals surface area contributed by atoms with Crippen LogP contribution in [0, 0.1) is 11.8 Å². The van der Waals surface area contributed by atoms with Crippen LogP contribution in [0.4, 0.5) is 0 Å². The molecule has 2 atom stereocenters. The molecule has 0 amide bonds. The Hall–Kier alpha value is 0.137. The van der Waals surface area contributed by atoms with E-state index in [9.17, 15) is 0 Å². The molecule has 2 unspecified atom stereocenters. The molecule has 2 rings (SSSR count). The molecule has 0 radical (unpaired) electrons. The van der Waals surface area contributed by atoms with Gasteiger partial charge in [-0.15, -0.1) is 0 Å². The Balaban J connectivity index is 2.29. The third-order valence-corrected chi connectivity index (χ3v) is 10.9. The molecule has 2 aliphatic carbocycles. The summed E-state index contributed by atoms with van der Waals surface area (Å²) in [4.78, 5) is 0. The zero-order chi connectivity index (χ0) is 14.6. The zero-order valence-electron chi connectivity index (χ0n) is 14.0. The minimum Gasteiger partial charge on any atom is -0.394 e. The minimum absolute atomic E-state index is 0.713. The Morgan fingerprint density at radius 3 is 1.75 bits per heavy atom. The van der Waals surface area contributed by atoms with E-state index in [4.69, 9.17) is 8.85 Å². The number of hydrogen-bond acceptors (Lipinski definition) is 2. The lowest BCUT2D eigenvalue weighted by atomic mass is 10.0. The Bertz CT molecular complexity index is 273. The van der Waals surface area contributed by atoms with Crippen molar-refractivity contribution in [2.75, 3.05) is 13.2 Å². The van der Waals surface area contributed by atoms with Gasteiger partial charge in [0.15, 0.2) is 0 Å². The van der Waals surface area contributed by atoms with Gasteiger partial charge in [0.1, 0.15) is 0 Å². The fraction of sp³-hybridized carbons (Fsp3) is 1.00. The summed E-state index contributed by atoms with van der Waals surface area (Å²) >= 11 is 0. The molecular formula is C17H34O2Si. The highest BCUT2D eigenvalue weighted by molar-refractivity contribution is 6.70. The van der Waals surface area contributed by atoms with E-state index in [1.165, 1.54) is 44.9 Å². The highest BCUT2D eigenvalue weighted by atomic mass is 28.4. The van der Waals surface area contributed by atoms with E-state index in [0.29, 0.717) is 5.54 Å². The monoisotopic (exact) mass is 298 g/mol. The van der Waals surface area contributed by atoms with Gasteiger partial charge in [-0.1, -0.05) is 46.0 Å². The Labute approximate surface area is 126 Å². The van der Waals surface area contributed by atoms with Gasteiger partial charge in [0.05, 0.1) is 0 Å². The summed E-state index contributed by atoms with van der Waals surface area (Å²) in [6, 6.07) is 0. The van der Waals surface area contributed by atoms with Crippen LogP contribution in [0.3, 0.4) is 0 Å². The highest BCUT2D eigenvalue weighted by Crippen LogP contribution is 2.54. The van der Waals surface area contributed by atoms with Crippen molar-refractivity contribution < 1.29 is 8.85 Å². The molecule has 0 aromatic carbocycles. The van der Waals surface area contributed by atoms with E-state index in [2.05, 4.69) is 27.7 Å². The van der Waals surface area contributed by atoms with Crippen LogP contribution < -0.4 is 0 Å². The molecule has 0 aromatic rings. The molecule has 0 N–H and O–H groups in total. The molecule has 0 aliphatic heterocycles. The van der Waals surface area contributed by atoms with Crippen molar-refractivity contribution in [1.29, 1.82) is 0 Å². The van der Waals surface area contributed by atoms with Crippen molar-refractivity contribution in [3.05, 3.63) is 0 Å². The van der Waals surface area contributed by atoms with Crippen molar-refractivity contribution in [1.82, 2.24) is 0 Å². The van der Waals surface area contributed by atoms with Crippen molar-refractivity contribution in [2.24, 2.45) is 11.8 Å². The van der Waals surface area contributed by atoms with Gasteiger partial charge in [0, 0.05) is 24.3 Å². The normalized spacial score (nSPS) is 32.7. The molecule has 3 heteroatoms. The van der Waals surface area contributed by atoms with Crippen LogP contribution in [-0.2, 0) is 8.85 Å². The molecular weight excluding hydrogens is 264 g/mol.